The summed E-state index contributed by atoms with van der Waals surface area (Å²) < 4.78 is 31.1. The Morgan fingerprint density at radius 2 is 1.63 bits per heavy atom. The molecule has 0 saturated carbocycles. The molecule has 1 aliphatic heterocycles. The maximum atomic E-state index is 15.0. The minimum absolute atomic E-state index is 0.00501. The van der Waals surface area contributed by atoms with E-state index in [0.717, 1.165) is 40.8 Å². The number of amides is 5. The molecule has 1 aliphatic rings. The molecule has 5 amide bonds. The molecular formula is C37H44F2N6O6. The molecule has 0 radical (unpaired) electrons. The summed E-state index contributed by atoms with van der Waals surface area (Å²) >= 11 is 0. The summed E-state index contributed by atoms with van der Waals surface area (Å²) in [4.78, 5) is 63.9. The number of aliphatic hydroxyl groups excluding tert-OH is 1. The molecule has 0 fully saturated rings. The highest BCUT2D eigenvalue weighted by atomic mass is 19.1. The van der Waals surface area contributed by atoms with Crippen molar-refractivity contribution in [1.82, 2.24) is 25.0 Å². The number of rotatable bonds is 16. The van der Waals surface area contributed by atoms with Crippen molar-refractivity contribution in [2.24, 2.45) is 11.1 Å². The van der Waals surface area contributed by atoms with Crippen molar-refractivity contribution in [3.05, 3.63) is 95.8 Å². The van der Waals surface area contributed by atoms with Crippen LogP contribution in [0.5, 0.6) is 0 Å². The summed E-state index contributed by atoms with van der Waals surface area (Å²) in [5, 5.41) is 15.3. The quantitative estimate of drug-likeness (QED) is 0.131. The van der Waals surface area contributed by atoms with Crippen molar-refractivity contribution < 1.29 is 37.9 Å². The first-order chi connectivity index (χ1) is 24.2. The Hall–Kier alpha value is -5.21. The van der Waals surface area contributed by atoms with Gasteiger partial charge in [-0.3, -0.25) is 28.9 Å². The first-order valence-electron chi connectivity index (χ1n) is 16.6. The number of hydrogen-bond acceptors (Lipinski definition) is 7. The largest absolute Gasteiger partial charge is 0.387 e. The Bertz CT molecular complexity index is 1750. The molecule has 2 atom stereocenters. The van der Waals surface area contributed by atoms with Gasteiger partial charge in [0.1, 0.15) is 24.8 Å². The smallest absolute Gasteiger partial charge is 0.254 e. The van der Waals surface area contributed by atoms with Crippen LogP contribution >= 0.6 is 0 Å². The van der Waals surface area contributed by atoms with E-state index in [1.807, 2.05) is 55.7 Å². The van der Waals surface area contributed by atoms with E-state index in [4.69, 9.17) is 5.73 Å². The van der Waals surface area contributed by atoms with E-state index in [9.17, 15) is 37.9 Å². The second-order valence-corrected chi connectivity index (χ2v) is 13.4. The van der Waals surface area contributed by atoms with E-state index in [2.05, 4.69) is 10.6 Å². The number of nitrogens with one attached hydrogen (secondary N) is 2. The fraction of sp³-hybridized carbons (Fsp3) is 0.378. The number of nitrogens with zero attached hydrogens (tertiary/aromatic N) is 3. The Morgan fingerprint density at radius 1 is 0.961 bits per heavy atom. The Balaban J connectivity index is 1.46. The van der Waals surface area contributed by atoms with E-state index in [-0.39, 0.29) is 31.6 Å². The second kappa shape index (κ2) is 17.1. The molecule has 3 aromatic rings. The van der Waals surface area contributed by atoms with Gasteiger partial charge < -0.3 is 30.9 Å². The van der Waals surface area contributed by atoms with E-state index < -0.39 is 71.8 Å². The number of carbonyl (C=O) groups excluding carboxylic acids is 5. The molecule has 2 aromatic carbocycles. The molecule has 0 aliphatic carbocycles. The van der Waals surface area contributed by atoms with Crippen LogP contribution in [0.2, 0.25) is 0 Å². The maximum Gasteiger partial charge on any atom is 0.254 e. The minimum Gasteiger partial charge on any atom is -0.387 e. The van der Waals surface area contributed by atoms with Gasteiger partial charge in [0.05, 0.1) is 12.1 Å². The first-order valence-corrected chi connectivity index (χ1v) is 16.6. The molecule has 51 heavy (non-hydrogen) atoms. The Kier molecular flexibility index (Phi) is 13.0. The van der Waals surface area contributed by atoms with Crippen LogP contribution in [0, 0.1) is 17.0 Å². The van der Waals surface area contributed by atoms with Crippen molar-refractivity contribution >= 4 is 29.5 Å². The lowest BCUT2D eigenvalue weighted by molar-refractivity contribution is -0.141. The minimum atomic E-state index is -1.03. The van der Waals surface area contributed by atoms with Gasteiger partial charge in [-0.1, -0.05) is 51.1 Å². The summed E-state index contributed by atoms with van der Waals surface area (Å²) in [5.41, 5.74) is 7.61. The van der Waals surface area contributed by atoms with Gasteiger partial charge in [0.15, 0.2) is 0 Å². The third-order valence-corrected chi connectivity index (χ3v) is 8.43. The SMILES string of the molecule is CC(C)(C)[C@H](c1cc(-c2cc(F)ccc2F)cn1Cc1ccccc1)N(CC[C@H](N)C(=O)NCCCNC(=O)CN1C(=O)C=CC1=O)C(=O)CO. The van der Waals surface area contributed by atoms with Gasteiger partial charge in [0, 0.05) is 61.3 Å². The summed E-state index contributed by atoms with van der Waals surface area (Å²) in [6, 6.07) is 12.7. The zero-order valence-corrected chi connectivity index (χ0v) is 28.9. The summed E-state index contributed by atoms with van der Waals surface area (Å²) in [7, 11) is 0. The Morgan fingerprint density at radius 3 is 2.27 bits per heavy atom. The van der Waals surface area contributed by atoms with Gasteiger partial charge in [0.25, 0.3) is 11.8 Å². The lowest BCUT2D eigenvalue weighted by Gasteiger charge is -2.41. The van der Waals surface area contributed by atoms with Crippen molar-refractivity contribution in [2.75, 3.05) is 32.8 Å². The van der Waals surface area contributed by atoms with Gasteiger partial charge in [-0.05, 0) is 48.1 Å². The van der Waals surface area contributed by atoms with E-state index in [1.54, 1.807) is 12.3 Å². The fourth-order valence-electron chi connectivity index (χ4n) is 5.96. The summed E-state index contributed by atoms with van der Waals surface area (Å²) in [5.74, 6) is -3.94. The molecular weight excluding hydrogens is 662 g/mol. The molecule has 0 saturated heterocycles. The average Bonchev–Trinajstić information content (AvgIpc) is 3.64. The fourth-order valence-corrected chi connectivity index (χ4v) is 5.96. The van der Waals surface area contributed by atoms with Crippen molar-refractivity contribution in [3.63, 3.8) is 0 Å². The molecule has 0 unspecified atom stereocenters. The van der Waals surface area contributed by atoms with Gasteiger partial charge in [0.2, 0.25) is 17.7 Å². The zero-order chi connectivity index (χ0) is 37.3. The molecule has 2 heterocycles. The van der Waals surface area contributed by atoms with Gasteiger partial charge in [-0.25, -0.2) is 8.78 Å². The van der Waals surface area contributed by atoms with Crippen LogP contribution in [0.25, 0.3) is 11.1 Å². The van der Waals surface area contributed by atoms with Crippen LogP contribution in [0.15, 0.2) is 72.9 Å². The maximum absolute atomic E-state index is 15.0. The monoisotopic (exact) mass is 706 g/mol. The molecule has 0 spiro atoms. The number of nitrogens with two attached hydrogens (primary N) is 1. The lowest BCUT2D eigenvalue weighted by Crippen LogP contribution is -2.47. The first kappa shape index (κ1) is 38.6. The number of carbonyl (C=O) groups is 5. The highest BCUT2D eigenvalue weighted by molar-refractivity contribution is 6.14. The highest BCUT2D eigenvalue weighted by Gasteiger charge is 2.37. The molecule has 1 aromatic heterocycles. The second-order valence-electron chi connectivity index (χ2n) is 13.4. The normalized spacial score (nSPS) is 14.1. The van der Waals surface area contributed by atoms with Crippen molar-refractivity contribution in [3.8, 4) is 11.1 Å². The standard InChI is InChI=1S/C37H44F2N6O6/c1-37(2,3)35(30-18-25(27-19-26(38)10-11-28(27)39)21-43(30)20-24-8-5-4-6-9-24)44(34(50)23-46)17-14-29(40)36(51)42-16-7-15-41-31(47)22-45-32(48)12-13-33(45)49/h4-6,8-13,18-19,21,29,35,46H,7,14-17,20,22-23,40H2,1-3H3,(H,41,47)(H,42,51)/t29-,35-/m0/s1. The summed E-state index contributed by atoms with van der Waals surface area (Å²) in [6.45, 7) is 5.24. The zero-order valence-electron chi connectivity index (χ0n) is 28.9. The lowest BCUT2D eigenvalue weighted by atomic mass is 9.82. The molecule has 12 nitrogen and oxygen atoms in total. The van der Waals surface area contributed by atoms with E-state index >= 15 is 0 Å². The third kappa shape index (κ3) is 10.2. The predicted molar refractivity (Wildman–Crippen MR) is 185 cm³/mol. The molecule has 0 bridgehead atoms. The van der Waals surface area contributed by atoms with E-state index in [1.165, 1.54) is 4.90 Å². The Labute approximate surface area is 295 Å². The van der Waals surface area contributed by atoms with Crippen molar-refractivity contribution in [1.29, 1.82) is 0 Å². The number of halogens is 2. The number of aromatic nitrogens is 1. The topological polar surface area (TPSA) is 167 Å². The van der Waals surface area contributed by atoms with Crippen LogP contribution < -0.4 is 16.4 Å². The highest BCUT2D eigenvalue weighted by Crippen LogP contribution is 2.41. The predicted octanol–water partition coefficient (Wildman–Crippen LogP) is 2.65. The van der Waals surface area contributed by atoms with Crippen LogP contribution in [-0.2, 0) is 30.5 Å². The number of benzene rings is 2. The number of imide groups is 1. The van der Waals surface area contributed by atoms with Crippen molar-refractivity contribution in [2.45, 2.75) is 52.2 Å². The summed E-state index contributed by atoms with van der Waals surface area (Å²) in [6.07, 6.45) is 4.28. The number of hydrogen-bond donors (Lipinski definition) is 4. The molecule has 5 N–H and O–H groups in total. The average molecular weight is 707 g/mol. The third-order valence-electron chi connectivity index (χ3n) is 8.43. The van der Waals surface area contributed by atoms with E-state index in [0.29, 0.717) is 24.2 Å². The molecule has 272 valence electrons. The number of aliphatic hydroxyl groups is 1. The van der Waals surface area contributed by atoms with Gasteiger partial charge >= 0.3 is 0 Å². The van der Waals surface area contributed by atoms with Crippen LogP contribution in [0.1, 0.15) is 50.9 Å². The van der Waals surface area contributed by atoms with Gasteiger partial charge in [-0.15, -0.1) is 0 Å². The van der Waals surface area contributed by atoms with Crippen LogP contribution in [0.3, 0.4) is 0 Å². The van der Waals surface area contributed by atoms with Crippen LogP contribution in [-0.4, -0.2) is 87.8 Å². The molecule has 14 heteroatoms. The van der Waals surface area contributed by atoms with Crippen LogP contribution in [0.4, 0.5) is 8.78 Å². The van der Waals surface area contributed by atoms with Gasteiger partial charge in [-0.2, -0.15) is 0 Å². The molecule has 4 rings (SSSR count).